The van der Waals surface area contributed by atoms with Gasteiger partial charge in [-0.15, -0.1) is 10.2 Å². The minimum absolute atomic E-state index is 0.0682. The van der Waals surface area contributed by atoms with Crippen molar-refractivity contribution in [2.45, 2.75) is 44.2 Å². The summed E-state index contributed by atoms with van der Waals surface area (Å²) >= 11 is 0. The van der Waals surface area contributed by atoms with Crippen molar-refractivity contribution in [3.63, 3.8) is 0 Å². The average molecular weight is 579 g/mol. The first-order chi connectivity index (χ1) is 20.9. The van der Waals surface area contributed by atoms with Gasteiger partial charge >= 0.3 is 0 Å². The number of aromatic nitrogens is 6. The number of ketones is 1. The Balaban J connectivity index is 0.934. The van der Waals surface area contributed by atoms with Crippen molar-refractivity contribution in [3.05, 3.63) is 60.2 Å². The maximum absolute atomic E-state index is 12.6. The van der Waals surface area contributed by atoms with E-state index in [-0.39, 0.29) is 36.6 Å². The fourth-order valence-electron chi connectivity index (χ4n) is 5.08. The summed E-state index contributed by atoms with van der Waals surface area (Å²) in [6.07, 6.45) is 4.78. The SMILES string of the molecule is NC1C=NC2C(CCC(=O)Nc3ccc4oc(-c5ccc(CC(=O)CCc6nnc7n(N)cnn67)cc5)nc4c3)=NN=C12. The van der Waals surface area contributed by atoms with Gasteiger partial charge in [-0.1, -0.05) is 12.1 Å². The number of Topliss-reactive ketones (excluding diaryl/α,β-unsaturated/α-hetero) is 1. The Kier molecular flexibility index (Phi) is 6.54. The molecule has 43 heavy (non-hydrogen) atoms. The van der Waals surface area contributed by atoms with Crippen molar-refractivity contribution in [3.8, 4) is 11.5 Å². The Morgan fingerprint density at radius 2 is 1.88 bits per heavy atom. The normalized spacial score (nSPS) is 17.4. The number of anilines is 1. The molecule has 7 rings (SSSR count). The Hall–Kier alpha value is -5.57. The summed E-state index contributed by atoms with van der Waals surface area (Å²) in [4.78, 5) is 34.1. The number of carbonyl (C=O) groups is 2. The van der Waals surface area contributed by atoms with E-state index in [0.29, 0.717) is 53.5 Å². The molecule has 5 N–H and O–H groups in total. The highest BCUT2D eigenvalue weighted by Gasteiger charge is 2.34. The number of nitrogen functional groups attached to an aromatic ring is 1. The molecule has 0 saturated heterocycles. The Morgan fingerprint density at radius 3 is 2.74 bits per heavy atom. The minimum atomic E-state index is -0.306. The highest BCUT2D eigenvalue weighted by Crippen LogP contribution is 2.27. The zero-order valence-electron chi connectivity index (χ0n) is 22.8. The molecule has 15 heteroatoms. The summed E-state index contributed by atoms with van der Waals surface area (Å²) in [5, 5.41) is 23.3. The van der Waals surface area contributed by atoms with Crippen molar-refractivity contribution < 1.29 is 14.0 Å². The summed E-state index contributed by atoms with van der Waals surface area (Å²) < 4.78 is 8.74. The van der Waals surface area contributed by atoms with Gasteiger partial charge in [0.1, 0.15) is 23.7 Å². The topological polar surface area (TPSA) is 209 Å². The molecule has 0 fully saturated rings. The predicted molar refractivity (Wildman–Crippen MR) is 158 cm³/mol. The number of hydrogen-bond donors (Lipinski definition) is 3. The van der Waals surface area contributed by atoms with Crippen LogP contribution in [0, 0.1) is 0 Å². The summed E-state index contributed by atoms with van der Waals surface area (Å²) in [7, 11) is 0. The van der Waals surface area contributed by atoms with Gasteiger partial charge in [0.2, 0.25) is 11.8 Å². The summed E-state index contributed by atoms with van der Waals surface area (Å²) in [5.74, 6) is 7.07. The lowest BCUT2D eigenvalue weighted by Gasteiger charge is -2.08. The van der Waals surface area contributed by atoms with Crippen LogP contribution in [0.15, 0.2) is 68.4 Å². The number of rotatable bonds is 10. The van der Waals surface area contributed by atoms with Gasteiger partial charge in [-0.2, -0.15) is 19.8 Å². The van der Waals surface area contributed by atoms with E-state index in [1.807, 2.05) is 24.3 Å². The maximum atomic E-state index is 12.6. The zero-order chi connectivity index (χ0) is 29.5. The number of nitrogens with two attached hydrogens (primary N) is 2. The third-order valence-corrected chi connectivity index (χ3v) is 7.35. The number of amides is 1. The van der Waals surface area contributed by atoms with Gasteiger partial charge in [-0.05, 0) is 42.3 Å². The van der Waals surface area contributed by atoms with Gasteiger partial charge in [-0.25, -0.2) is 9.66 Å². The number of nitrogens with one attached hydrogen (secondary N) is 1. The molecule has 0 saturated carbocycles. The molecule has 216 valence electrons. The van der Waals surface area contributed by atoms with Gasteiger partial charge in [0.15, 0.2) is 11.4 Å². The predicted octanol–water partition coefficient (Wildman–Crippen LogP) is 1.50. The second-order valence-corrected chi connectivity index (χ2v) is 10.4. The largest absolute Gasteiger partial charge is 0.436 e. The molecule has 2 unspecified atom stereocenters. The molecule has 1 amide bonds. The number of benzene rings is 2. The molecule has 2 aromatic carbocycles. The number of carbonyl (C=O) groups excluding carboxylic acids is 2. The molecular weight excluding hydrogens is 552 g/mol. The van der Waals surface area contributed by atoms with Crippen LogP contribution in [0.2, 0.25) is 0 Å². The van der Waals surface area contributed by atoms with Crippen LogP contribution in [-0.4, -0.2) is 70.9 Å². The molecule has 5 heterocycles. The zero-order valence-corrected chi connectivity index (χ0v) is 22.8. The minimum Gasteiger partial charge on any atom is -0.436 e. The van der Waals surface area contributed by atoms with E-state index in [9.17, 15) is 9.59 Å². The van der Waals surface area contributed by atoms with E-state index >= 15 is 0 Å². The molecule has 2 atom stereocenters. The smallest absolute Gasteiger partial charge is 0.272 e. The van der Waals surface area contributed by atoms with E-state index in [1.54, 1.807) is 24.4 Å². The number of fused-ring (bicyclic) bond motifs is 3. The maximum Gasteiger partial charge on any atom is 0.272 e. The quantitative estimate of drug-likeness (QED) is 0.205. The lowest BCUT2D eigenvalue weighted by Crippen LogP contribution is -2.34. The molecule has 3 aromatic heterocycles. The van der Waals surface area contributed by atoms with Crippen LogP contribution in [0.3, 0.4) is 0 Å². The van der Waals surface area contributed by atoms with Crippen molar-refractivity contribution >= 4 is 51.9 Å². The van der Waals surface area contributed by atoms with Crippen LogP contribution >= 0.6 is 0 Å². The van der Waals surface area contributed by atoms with E-state index in [2.05, 4.69) is 40.8 Å². The van der Waals surface area contributed by atoms with Gasteiger partial charge in [0.25, 0.3) is 5.78 Å². The molecule has 15 nitrogen and oxygen atoms in total. The van der Waals surface area contributed by atoms with E-state index in [0.717, 1.165) is 22.6 Å². The van der Waals surface area contributed by atoms with E-state index in [4.69, 9.17) is 16.0 Å². The summed E-state index contributed by atoms with van der Waals surface area (Å²) in [6, 6.07) is 12.3. The second kappa shape index (κ2) is 10.7. The van der Waals surface area contributed by atoms with Crippen LogP contribution in [0.5, 0.6) is 0 Å². The lowest BCUT2D eigenvalue weighted by molar-refractivity contribution is -0.118. The molecule has 2 aliphatic rings. The van der Waals surface area contributed by atoms with E-state index < -0.39 is 0 Å². The molecule has 0 spiro atoms. The van der Waals surface area contributed by atoms with Crippen LogP contribution in [-0.2, 0) is 22.4 Å². The van der Waals surface area contributed by atoms with Gasteiger partial charge < -0.3 is 21.3 Å². The molecule has 0 aliphatic carbocycles. The first-order valence-electron chi connectivity index (χ1n) is 13.7. The van der Waals surface area contributed by atoms with Crippen molar-refractivity contribution in [1.29, 1.82) is 0 Å². The van der Waals surface area contributed by atoms with Crippen LogP contribution < -0.4 is 16.9 Å². The highest BCUT2D eigenvalue weighted by molar-refractivity contribution is 6.24. The first-order valence-corrected chi connectivity index (χ1v) is 13.7. The number of hydrogen-bond acceptors (Lipinski definition) is 12. The highest BCUT2D eigenvalue weighted by atomic mass is 16.3. The van der Waals surface area contributed by atoms with Crippen LogP contribution in [0.25, 0.3) is 28.3 Å². The Morgan fingerprint density at radius 1 is 1.02 bits per heavy atom. The molecule has 2 aliphatic heterocycles. The van der Waals surface area contributed by atoms with Gasteiger partial charge in [-0.3, -0.25) is 14.6 Å². The van der Waals surface area contributed by atoms with Crippen LogP contribution in [0.1, 0.15) is 30.7 Å². The molecule has 0 radical (unpaired) electrons. The average Bonchev–Trinajstić information content (AvgIpc) is 3.82. The lowest BCUT2D eigenvalue weighted by atomic mass is 10.0. The third kappa shape index (κ3) is 5.17. The standard InChI is InChI=1S/C28H26N12O3/c29-19-13-31-26-20(35-37-25(19)26)7-10-24(42)33-17-5-8-22-21(12-17)34-27(43-22)16-3-1-15(2-4-16)11-18(41)6-9-23-36-38-28-39(30)14-32-40(23)28/h1-5,8,12-14,19,26H,6-7,9-11,29-30H2,(H,33,42). The van der Waals surface area contributed by atoms with E-state index in [1.165, 1.54) is 15.5 Å². The summed E-state index contributed by atoms with van der Waals surface area (Å²) in [5.41, 5.74) is 10.9. The third-order valence-electron chi connectivity index (χ3n) is 7.35. The monoisotopic (exact) mass is 578 g/mol. The number of nitrogens with zero attached hydrogens (tertiary/aromatic N) is 9. The number of aryl methyl sites for hydroxylation is 1. The number of oxazole rings is 1. The molecule has 5 aromatic rings. The first kappa shape index (κ1) is 26.3. The summed E-state index contributed by atoms with van der Waals surface area (Å²) in [6.45, 7) is 0. The fraction of sp³-hybridized carbons (Fsp3) is 0.250. The number of aliphatic imine (C=N–C) groups is 1. The fourth-order valence-corrected chi connectivity index (χ4v) is 5.08. The van der Waals surface area contributed by atoms with Gasteiger partial charge in [0.05, 0.1) is 17.5 Å². The Labute approximate surface area is 243 Å². The van der Waals surface area contributed by atoms with Gasteiger partial charge in [0, 0.05) is 43.1 Å². The molecule has 0 bridgehead atoms. The van der Waals surface area contributed by atoms with Crippen LogP contribution in [0.4, 0.5) is 5.69 Å². The second-order valence-electron chi connectivity index (χ2n) is 10.4. The van der Waals surface area contributed by atoms with Crippen molar-refractivity contribution in [2.75, 3.05) is 11.2 Å². The Bertz CT molecular complexity index is 1960. The molecular formula is C28H26N12O3. The van der Waals surface area contributed by atoms with Crippen molar-refractivity contribution in [1.82, 2.24) is 29.5 Å². The van der Waals surface area contributed by atoms with Crippen molar-refractivity contribution in [2.24, 2.45) is 20.9 Å².